The van der Waals surface area contributed by atoms with Crippen LogP contribution in [0.5, 0.6) is 0 Å². The Labute approximate surface area is 100 Å². The van der Waals surface area contributed by atoms with Gasteiger partial charge < -0.3 is 15.5 Å². The summed E-state index contributed by atoms with van der Waals surface area (Å²) in [5, 5.41) is 10.3. The minimum atomic E-state index is 0.0719. The standard InChI is InChI=1S/C12H16N4O/c1-8(2)10-5-3-9(4-6-10)7-14-12-16-15-11(13)17-12/h3-6,8H,7H2,1-2H3,(H2,13,15)(H,14,16). The van der Waals surface area contributed by atoms with E-state index in [-0.39, 0.29) is 6.01 Å². The van der Waals surface area contributed by atoms with E-state index in [1.807, 2.05) is 0 Å². The van der Waals surface area contributed by atoms with Crippen molar-refractivity contribution in [2.45, 2.75) is 26.3 Å². The molecular weight excluding hydrogens is 216 g/mol. The summed E-state index contributed by atoms with van der Waals surface area (Å²) in [6.07, 6.45) is 0. The summed E-state index contributed by atoms with van der Waals surface area (Å²) in [4.78, 5) is 0. The maximum atomic E-state index is 5.32. The summed E-state index contributed by atoms with van der Waals surface area (Å²) in [5.74, 6) is 0.549. The molecule has 0 atom stereocenters. The lowest BCUT2D eigenvalue weighted by atomic mass is 10.0. The minimum Gasteiger partial charge on any atom is -0.390 e. The van der Waals surface area contributed by atoms with Crippen LogP contribution in [-0.4, -0.2) is 10.2 Å². The number of nitrogen functional groups attached to an aromatic ring is 1. The number of anilines is 2. The Bertz CT molecular complexity index is 476. The number of nitrogens with one attached hydrogen (secondary N) is 1. The summed E-state index contributed by atoms with van der Waals surface area (Å²) < 4.78 is 5.01. The smallest absolute Gasteiger partial charge is 0.317 e. The first kappa shape index (κ1) is 11.4. The predicted molar refractivity (Wildman–Crippen MR) is 66.6 cm³/mol. The molecule has 5 heteroatoms. The molecular formula is C12H16N4O. The number of nitrogens with zero attached hydrogens (tertiary/aromatic N) is 2. The molecule has 5 nitrogen and oxygen atoms in total. The summed E-state index contributed by atoms with van der Waals surface area (Å²) in [6, 6.07) is 8.84. The van der Waals surface area contributed by atoms with Crippen LogP contribution >= 0.6 is 0 Å². The van der Waals surface area contributed by atoms with Gasteiger partial charge in [-0.2, -0.15) is 0 Å². The van der Waals surface area contributed by atoms with Crippen molar-refractivity contribution in [1.29, 1.82) is 0 Å². The van der Waals surface area contributed by atoms with Gasteiger partial charge >= 0.3 is 12.0 Å². The molecule has 3 N–H and O–H groups in total. The maximum Gasteiger partial charge on any atom is 0.317 e. The average molecular weight is 232 g/mol. The molecule has 0 aliphatic rings. The highest BCUT2D eigenvalue weighted by Gasteiger charge is 2.02. The van der Waals surface area contributed by atoms with E-state index in [4.69, 9.17) is 10.2 Å². The minimum absolute atomic E-state index is 0.0719. The van der Waals surface area contributed by atoms with Crippen LogP contribution in [0.1, 0.15) is 30.9 Å². The molecule has 1 heterocycles. The van der Waals surface area contributed by atoms with E-state index in [1.165, 1.54) is 5.56 Å². The normalized spacial score (nSPS) is 10.8. The van der Waals surface area contributed by atoms with Crippen molar-refractivity contribution >= 4 is 12.0 Å². The van der Waals surface area contributed by atoms with Gasteiger partial charge in [0.15, 0.2) is 0 Å². The molecule has 1 aromatic carbocycles. The van der Waals surface area contributed by atoms with E-state index in [9.17, 15) is 0 Å². The van der Waals surface area contributed by atoms with Gasteiger partial charge in [-0.15, -0.1) is 0 Å². The van der Waals surface area contributed by atoms with Crippen molar-refractivity contribution in [2.24, 2.45) is 0 Å². The molecule has 2 aromatic rings. The number of benzene rings is 1. The second kappa shape index (κ2) is 4.86. The van der Waals surface area contributed by atoms with Crippen molar-refractivity contribution in [2.75, 3.05) is 11.1 Å². The van der Waals surface area contributed by atoms with E-state index in [0.29, 0.717) is 18.5 Å². The van der Waals surface area contributed by atoms with Crippen molar-refractivity contribution < 1.29 is 4.42 Å². The molecule has 0 bridgehead atoms. The molecule has 2 rings (SSSR count). The van der Waals surface area contributed by atoms with Crippen molar-refractivity contribution in [3.63, 3.8) is 0 Å². The highest BCUT2D eigenvalue weighted by molar-refractivity contribution is 5.29. The highest BCUT2D eigenvalue weighted by Crippen LogP contribution is 2.15. The fourth-order valence-corrected chi connectivity index (χ4v) is 1.50. The number of hydrogen-bond acceptors (Lipinski definition) is 5. The van der Waals surface area contributed by atoms with Crippen LogP contribution in [0, 0.1) is 0 Å². The van der Waals surface area contributed by atoms with Gasteiger partial charge in [-0.05, 0) is 17.0 Å². The maximum absolute atomic E-state index is 5.32. The van der Waals surface area contributed by atoms with Gasteiger partial charge in [-0.25, -0.2) is 0 Å². The molecule has 0 saturated carbocycles. The molecule has 0 saturated heterocycles. The molecule has 0 spiro atoms. The average Bonchev–Trinajstić information content (AvgIpc) is 2.73. The Morgan fingerprint density at radius 1 is 1.24 bits per heavy atom. The van der Waals surface area contributed by atoms with E-state index < -0.39 is 0 Å². The summed E-state index contributed by atoms with van der Waals surface area (Å²) in [6.45, 7) is 4.99. The number of hydrogen-bond donors (Lipinski definition) is 2. The first-order chi connectivity index (χ1) is 8.15. The summed E-state index contributed by atoms with van der Waals surface area (Å²) in [7, 11) is 0. The third kappa shape index (κ3) is 2.96. The molecule has 0 unspecified atom stereocenters. The predicted octanol–water partition coefficient (Wildman–Crippen LogP) is 2.39. The van der Waals surface area contributed by atoms with Gasteiger partial charge in [0.05, 0.1) is 0 Å². The lowest BCUT2D eigenvalue weighted by Gasteiger charge is -2.06. The molecule has 1 aromatic heterocycles. The fourth-order valence-electron chi connectivity index (χ4n) is 1.50. The zero-order valence-electron chi connectivity index (χ0n) is 9.97. The molecule has 0 aliphatic heterocycles. The largest absolute Gasteiger partial charge is 0.390 e. The molecule has 17 heavy (non-hydrogen) atoms. The third-order valence-corrected chi connectivity index (χ3v) is 2.53. The third-order valence-electron chi connectivity index (χ3n) is 2.53. The van der Waals surface area contributed by atoms with E-state index >= 15 is 0 Å². The first-order valence-electron chi connectivity index (χ1n) is 5.57. The molecule has 90 valence electrons. The van der Waals surface area contributed by atoms with E-state index in [0.717, 1.165) is 5.56 Å². The van der Waals surface area contributed by atoms with E-state index in [1.54, 1.807) is 0 Å². The Morgan fingerprint density at radius 3 is 2.47 bits per heavy atom. The van der Waals surface area contributed by atoms with Gasteiger partial charge in [0.1, 0.15) is 0 Å². The fraction of sp³-hybridized carbons (Fsp3) is 0.333. The Hall–Kier alpha value is -2.04. The summed E-state index contributed by atoms with van der Waals surface area (Å²) in [5.41, 5.74) is 7.81. The lowest BCUT2D eigenvalue weighted by molar-refractivity contribution is 0.586. The lowest BCUT2D eigenvalue weighted by Crippen LogP contribution is -2.00. The Balaban J connectivity index is 1.95. The highest BCUT2D eigenvalue weighted by atomic mass is 16.4. The zero-order chi connectivity index (χ0) is 12.3. The van der Waals surface area contributed by atoms with Crippen LogP contribution in [0.2, 0.25) is 0 Å². The van der Waals surface area contributed by atoms with Gasteiger partial charge in [0.2, 0.25) is 0 Å². The van der Waals surface area contributed by atoms with E-state index in [2.05, 4.69) is 53.6 Å². The zero-order valence-corrected chi connectivity index (χ0v) is 9.97. The number of nitrogens with two attached hydrogens (primary N) is 1. The van der Waals surface area contributed by atoms with Gasteiger partial charge in [-0.3, -0.25) is 0 Å². The van der Waals surface area contributed by atoms with Crippen LogP contribution in [0.3, 0.4) is 0 Å². The number of rotatable bonds is 4. The molecule has 0 radical (unpaired) electrons. The van der Waals surface area contributed by atoms with Crippen molar-refractivity contribution in [1.82, 2.24) is 10.2 Å². The quantitative estimate of drug-likeness (QED) is 0.846. The summed E-state index contributed by atoms with van der Waals surface area (Å²) >= 11 is 0. The van der Waals surface area contributed by atoms with Gasteiger partial charge in [0.25, 0.3) is 0 Å². The molecule has 0 fully saturated rings. The van der Waals surface area contributed by atoms with Gasteiger partial charge in [-0.1, -0.05) is 48.3 Å². The molecule has 0 amide bonds. The monoisotopic (exact) mass is 232 g/mol. The number of aromatic nitrogens is 2. The van der Waals surface area contributed by atoms with Crippen LogP contribution in [-0.2, 0) is 6.54 Å². The van der Waals surface area contributed by atoms with Crippen molar-refractivity contribution in [3.8, 4) is 0 Å². The molecule has 0 aliphatic carbocycles. The van der Waals surface area contributed by atoms with Crippen LogP contribution in [0.4, 0.5) is 12.0 Å². The van der Waals surface area contributed by atoms with Crippen molar-refractivity contribution in [3.05, 3.63) is 35.4 Å². The SMILES string of the molecule is CC(C)c1ccc(CNc2nnc(N)o2)cc1. The second-order valence-corrected chi connectivity index (χ2v) is 4.20. The second-order valence-electron chi connectivity index (χ2n) is 4.20. The van der Waals surface area contributed by atoms with Crippen LogP contribution in [0.15, 0.2) is 28.7 Å². The van der Waals surface area contributed by atoms with Gasteiger partial charge in [0, 0.05) is 6.54 Å². The first-order valence-corrected chi connectivity index (χ1v) is 5.57. The Kier molecular flexibility index (Phi) is 3.27. The topological polar surface area (TPSA) is 77.0 Å². The van der Waals surface area contributed by atoms with Crippen LogP contribution in [0.25, 0.3) is 0 Å². The Morgan fingerprint density at radius 2 is 1.94 bits per heavy atom. The van der Waals surface area contributed by atoms with Crippen LogP contribution < -0.4 is 11.1 Å².